The maximum absolute atomic E-state index is 12.4. The quantitative estimate of drug-likeness (QED) is 0.726. The Balaban J connectivity index is 2.04. The average Bonchev–Trinajstić information content (AvgIpc) is 2.41. The van der Waals surface area contributed by atoms with E-state index in [2.05, 4.69) is 5.32 Å². The number of phenolic OH excluding ortho intramolecular Hbond substituents is 1. The average molecular weight is 256 g/mol. The van der Waals surface area contributed by atoms with Crippen LogP contribution in [0.5, 0.6) is 5.75 Å². The van der Waals surface area contributed by atoms with Crippen molar-refractivity contribution in [1.29, 1.82) is 0 Å². The predicted octanol–water partition coefficient (Wildman–Crippen LogP) is 1.74. The molecule has 1 aliphatic rings. The number of aromatic hydroxyl groups is 1. The first-order valence-electron chi connectivity index (χ1n) is 5.83. The summed E-state index contributed by atoms with van der Waals surface area (Å²) in [5, 5.41) is 22.2. The first-order chi connectivity index (χ1) is 9.16. The van der Waals surface area contributed by atoms with E-state index in [1.807, 2.05) is 0 Å². The number of phenols is 1. The molecule has 0 bridgehead atoms. The Morgan fingerprint density at radius 1 is 1.05 bits per heavy atom. The first-order valence-corrected chi connectivity index (χ1v) is 5.83. The van der Waals surface area contributed by atoms with Gasteiger partial charge in [-0.25, -0.2) is 0 Å². The van der Waals surface area contributed by atoms with Crippen molar-refractivity contribution in [2.75, 3.05) is 10.2 Å². The number of para-hydroxylation sites is 1. The summed E-state index contributed by atoms with van der Waals surface area (Å²) in [4.78, 5) is 13.6. The van der Waals surface area contributed by atoms with Crippen LogP contribution in [0.2, 0.25) is 0 Å². The van der Waals surface area contributed by atoms with Gasteiger partial charge in [0.25, 0.3) is 5.91 Å². The number of aliphatic hydroxyl groups excluding tert-OH is 1. The summed E-state index contributed by atoms with van der Waals surface area (Å²) >= 11 is 0. The van der Waals surface area contributed by atoms with Gasteiger partial charge in [0, 0.05) is 5.69 Å². The number of nitrogens with one attached hydrogen (secondary N) is 1. The second-order valence-corrected chi connectivity index (χ2v) is 4.26. The van der Waals surface area contributed by atoms with Gasteiger partial charge in [-0.05, 0) is 36.4 Å². The maximum atomic E-state index is 12.4. The molecule has 96 valence electrons. The summed E-state index contributed by atoms with van der Waals surface area (Å²) in [7, 11) is 0. The van der Waals surface area contributed by atoms with Crippen molar-refractivity contribution in [1.82, 2.24) is 0 Å². The number of amides is 1. The van der Waals surface area contributed by atoms with Gasteiger partial charge in [0.1, 0.15) is 5.75 Å². The summed E-state index contributed by atoms with van der Waals surface area (Å²) in [6, 6.07) is 13.1. The van der Waals surface area contributed by atoms with Crippen LogP contribution < -0.4 is 10.2 Å². The van der Waals surface area contributed by atoms with E-state index in [1.54, 1.807) is 36.4 Å². The third-order valence-electron chi connectivity index (χ3n) is 3.03. The molecule has 1 unspecified atom stereocenters. The van der Waals surface area contributed by atoms with E-state index >= 15 is 0 Å². The molecule has 3 N–H and O–H groups in total. The number of carbonyl (C=O) groups excluding carboxylic acids is 1. The molecule has 0 fully saturated rings. The van der Waals surface area contributed by atoms with Crippen LogP contribution in [0.4, 0.5) is 11.4 Å². The van der Waals surface area contributed by atoms with Gasteiger partial charge in [-0.15, -0.1) is 0 Å². The Morgan fingerprint density at radius 3 is 2.47 bits per heavy atom. The van der Waals surface area contributed by atoms with Crippen LogP contribution in [0.25, 0.3) is 0 Å². The number of nitrogens with zero attached hydrogens (tertiary/aromatic N) is 1. The van der Waals surface area contributed by atoms with Gasteiger partial charge in [0.2, 0.25) is 6.35 Å². The van der Waals surface area contributed by atoms with E-state index in [9.17, 15) is 15.0 Å². The molecule has 0 saturated heterocycles. The molecule has 0 radical (unpaired) electrons. The number of benzene rings is 2. The third-order valence-corrected chi connectivity index (χ3v) is 3.03. The van der Waals surface area contributed by atoms with Crippen LogP contribution in [-0.2, 0) is 0 Å². The van der Waals surface area contributed by atoms with Crippen molar-refractivity contribution in [2.45, 2.75) is 6.35 Å². The molecule has 1 aliphatic heterocycles. The number of hydrogen-bond acceptors (Lipinski definition) is 4. The van der Waals surface area contributed by atoms with E-state index in [4.69, 9.17) is 0 Å². The minimum Gasteiger partial charge on any atom is -0.508 e. The van der Waals surface area contributed by atoms with Crippen LogP contribution in [-0.4, -0.2) is 22.5 Å². The fourth-order valence-electron chi connectivity index (χ4n) is 2.11. The number of fused-ring (bicyclic) bond motifs is 1. The zero-order chi connectivity index (χ0) is 13.4. The second-order valence-electron chi connectivity index (χ2n) is 4.26. The lowest BCUT2D eigenvalue weighted by atomic mass is 10.1. The molecule has 5 heteroatoms. The molecule has 19 heavy (non-hydrogen) atoms. The van der Waals surface area contributed by atoms with Gasteiger partial charge < -0.3 is 15.5 Å². The first kappa shape index (κ1) is 11.6. The summed E-state index contributed by atoms with van der Waals surface area (Å²) in [5.41, 5.74) is 1.62. The van der Waals surface area contributed by atoms with E-state index < -0.39 is 6.35 Å². The normalized spacial score (nSPS) is 17.8. The number of aliphatic hydroxyl groups is 1. The van der Waals surface area contributed by atoms with Gasteiger partial charge in [0.15, 0.2) is 0 Å². The summed E-state index contributed by atoms with van der Waals surface area (Å²) in [5.74, 6) is -0.177. The Bertz CT molecular complexity index is 625. The number of rotatable bonds is 1. The van der Waals surface area contributed by atoms with Crippen LogP contribution in [0, 0.1) is 0 Å². The molecule has 1 heterocycles. The van der Waals surface area contributed by atoms with Crippen molar-refractivity contribution in [3.63, 3.8) is 0 Å². The largest absolute Gasteiger partial charge is 0.508 e. The minimum atomic E-state index is -1.13. The van der Waals surface area contributed by atoms with Gasteiger partial charge >= 0.3 is 0 Å². The monoisotopic (exact) mass is 256 g/mol. The fraction of sp³-hybridized carbons (Fsp3) is 0.0714. The number of anilines is 2. The highest BCUT2D eigenvalue weighted by Crippen LogP contribution is 2.29. The van der Waals surface area contributed by atoms with E-state index in [0.29, 0.717) is 16.9 Å². The molecular formula is C14H12N2O3. The lowest BCUT2D eigenvalue weighted by molar-refractivity contribution is 0.0901. The Kier molecular flexibility index (Phi) is 2.61. The molecular weight excluding hydrogens is 244 g/mol. The molecule has 1 amide bonds. The highest BCUT2D eigenvalue weighted by Gasteiger charge is 2.31. The SMILES string of the molecule is O=C1c2ccccc2NC(O)N1c1ccc(O)cc1. The molecule has 0 spiro atoms. The van der Waals surface area contributed by atoms with Crippen molar-refractivity contribution in [2.24, 2.45) is 0 Å². The van der Waals surface area contributed by atoms with Crippen LogP contribution in [0.1, 0.15) is 10.4 Å². The number of hydrogen-bond donors (Lipinski definition) is 3. The van der Waals surface area contributed by atoms with Crippen LogP contribution in [0.3, 0.4) is 0 Å². The smallest absolute Gasteiger partial charge is 0.263 e. The van der Waals surface area contributed by atoms with E-state index in [1.165, 1.54) is 17.0 Å². The van der Waals surface area contributed by atoms with Gasteiger partial charge in [-0.1, -0.05) is 12.1 Å². The maximum Gasteiger partial charge on any atom is 0.263 e. The van der Waals surface area contributed by atoms with Crippen molar-refractivity contribution in [3.8, 4) is 5.75 Å². The highest BCUT2D eigenvalue weighted by atomic mass is 16.3. The molecule has 1 atom stereocenters. The predicted molar refractivity (Wildman–Crippen MR) is 71.0 cm³/mol. The lowest BCUT2D eigenvalue weighted by Crippen LogP contribution is -2.49. The third kappa shape index (κ3) is 1.90. The van der Waals surface area contributed by atoms with E-state index in [-0.39, 0.29) is 11.7 Å². The van der Waals surface area contributed by atoms with Crippen molar-refractivity contribution >= 4 is 17.3 Å². The van der Waals surface area contributed by atoms with Crippen molar-refractivity contribution < 1.29 is 15.0 Å². The Morgan fingerprint density at radius 2 is 1.74 bits per heavy atom. The Hall–Kier alpha value is -2.53. The summed E-state index contributed by atoms with van der Waals surface area (Å²) in [6.07, 6.45) is -1.13. The second kappa shape index (κ2) is 4.29. The lowest BCUT2D eigenvalue weighted by Gasteiger charge is -2.34. The molecule has 2 aromatic carbocycles. The standard InChI is InChI=1S/C14H12N2O3/c17-10-7-5-9(6-8-10)16-13(18)11-3-1-2-4-12(11)15-14(16)19/h1-8,14-15,17,19H. The molecule has 0 saturated carbocycles. The van der Waals surface area contributed by atoms with E-state index in [0.717, 1.165) is 0 Å². The zero-order valence-corrected chi connectivity index (χ0v) is 9.95. The number of carbonyl (C=O) groups is 1. The van der Waals surface area contributed by atoms with Crippen molar-refractivity contribution in [3.05, 3.63) is 54.1 Å². The fourth-order valence-corrected chi connectivity index (χ4v) is 2.11. The molecule has 2 aromatic rings. The van der Waals surface area contributed by atoms with Gasteiger partial charge in [-0.3, -0.25) is 9.69 Å². The molecule has 3 rings (SSSR count). The topological polar surface area (TPSA) is 72.8 Å². The van der Waals surface area contributed by atoms with Gasteiger partial charge in [0.05, 0.1) is 11.3 Å². The van der Waals surface area contributed by atoms with Crippen LogP contribution in [0.15, 0.2) is 48.5 Å². The summed E-state index contributed by atoms with van der Waals surface area (Å²) < 4.78 is 0. The molecule has 5 nitrogen and oxygen atoms in total. The molecule has 0 aromatic heterocycles. The molecule has 0 aliphatic carbocycles. The Labute approximate surface area is 109 Å². The van der Waals surface area contributed by atoms with Crippen LogP contribution >= 0.6 is 0 Å². The minimum absolute atomic E-state index is 0.107. The van der Waals surface area contributed by atoms with Gasteiger partial charge in [-0.2, -0.15) is 0 Å². The zero-order valence-electron chi connectivity index (χ0n) is 9.95. The summed E-state index contributed by atoms with van der Waals surface area (Å²) in [6.45, 7) is 0. The highest BCUT2D eigenvalue weighted by molar-refractivity contribution is 6.11.